The molecule has 1 unspecified atom stereocenters. The number of hydrogen-bond acceptors (Lipinski definition) is 3. The fraction of sp³-hybridized carbons (Fsp3) is 0.391. The van der Waals surface area contributed by atoms with E-state index in [0.717, 1.165) is 5.56 Å². The van der Waals surface area contributed by atoms with Crippen LogP contribution in [0.15, 0.2) is 54.6 Å². The van der Waals surface area contributed by atoms with Crippen LogP contribution in [0.25, 0.3) is 0 Å². The van der Waals surface area contributed by atoms with Gasteiger partial charge in [-0.3, -0.25) is 13.8 Å². The lowest BCUT2D eigenvalue weighted by Crippen LogP contribution is -2.55. The number of benzene rings is 2. The molecule has 30 heavy (non-hydrogen) atoms. The number of likely N-dealkylation sites (tertiary alicyclic amines) is 1. The monoisotopic (exact) mass is 428 g/mol. The average Bonchev–Trinajstić information content (AvgIpc) is 2.97. The molecule has 2 aliphatic rings. The van der Waals surface area contributed by atoms with Crippen molar-refractivity contribution in [3.05, 3.63) is 71.5 Å². The summed E-state index contributed by atoms with van der Waals surface area (Å²) in [5.74, 6) is -0.438. The Bertz CT molecular complexity index is 958. The highest BCUT2D eigenvalue weighted by atomic mass is 32.2. The van der Waals surface area contributed by atoms with Crippen LogP contribution in [-0.2, 0) is 33.4 Å². The molecule has 2 aliphatic heterocycles. The lowest BCUT2D eigenvalue weighted by atomic mass is 10.00. The van der Waals surface area contributed by atoms with E-state index in [1.165, 1.54) is 12.1 Å². The Morgan fingerprint density at radius 1 is 1.03 bits per heavy atom. The maximum atomic E-state index is 13.6. The van der Waals surface area contributed by atoms with Crippen molar-refractivity contribution in [2.75, 3.05) is 18.8 Å². The van der Waals surface area contributed by atoms with Crippen LogP contribution in [0.3, 0.4) is 0 Å². The zero-order valence-corrected chi connectivity index (χ0v) is 17.6. The summed E-state index contributed by atoms with van der Waals surface area (Å²) in [6.07, 6.45) is 2.10. The molecule has 2 heterocycles. The van der Waals surface area contributed by atoms with E-state index >= 15 is 0 Å². The highest BCUT2D eigenvalue weighted by Gasteiger charge is 2.53. The van der Waals surface area contributed by atoms with Crippen LogP contribution < -0.4 is 0 Å². The van der Waals surface area contributed by atoms with Crippen LogP contribution in [0.4, 0.5) is 4.39 Å². The van der Waals surface area contributed by atoms with Crippen molar-refractivity contribution in [2.45, 2.75) is 37.1 Å². The largest absolute Gasteiger partial charge is 0.342 e. The highest BCUT2D eigenvalue weighted by molar-refractivity contribution is 7.87. The van der Waals surface area contributed by atoms with Crippen molar-refractivity contribution < 1.29 is 18.2 Å². The lowest BCUT2D eigenvalue weighted by molar-refractivity contribution is -0.135. The quantitative estimate of drug-likeness (QED) is 0.736. The molecule has 5 nitrogen and oxygen atoms in total. The Morgan fingerprint density at radius 3 is 2.43 bits per heavy atom. The summed E-state index contributed by atoms with van der Waals surface area (Å²) in [4.78, 5) is 27.9. The second-order valence-electron chi connectivity index (χ2n) is 7.91. The first-order chi connectivity index (χ1) is 14.5. The van der Waals surface area contributed by atoms with E-state index in [0.29, 0.717) is 44.3 Å². The predicted octanol–water partition coefficient (Wildman–Crippen LogP) is 2.87. The lowest BCUT2D eigenvalue weighted by Gasteiger charge is -2.43. The van der Waals surface area contributed by atoms with Gasteiger partial charge in [0.05, 0.1) is 10.8 Å². The zero-order chi connectivity index (χ0) is 21.1. The molecule has 0 aliphatic carbocycles. The molecular weight excluding hydrogens is 403 g/mol. The van der Waals surface area contributed by atoms with E-state index < -0.39 is 15.7 Å². The summed E-state index contributed by atoms with van der Waals surface area (Å²) in [6, 6.07) is 16.1. The van der Waals surface area contributed by atoms with Crippen molar-refractivity contribution in [1.82, 2.24) is 9.80 Å². The third-order valence-electron chi connectivity index (χ3n) is 6.07. The first kappa shape index (κ1) is 20.7. The van der Waals surface area contributed by atoms with Crippen molar-refractivity contribution >= 4 is 22.6 Å². The first-order valence-electron chi connectivity index (χ1n) is 10.2. The minimum atomic E-state index is -1.32. The van der Waals surface area contributed by atoms with Gasteiger partial charge in [0.15, 0.2) is 0 Å². The first-order valence-corrected chi connectivity index (χ1v) is 11.5. The van der Waals surface area contributed by atoms with Crippen LogP contribution in [0.5, 0.6) is 0 Å². The van der Waals surface area contributed by atoms with Crippen LogP contribution in [0.1, 0.15) is 30.4 Å². The Kier molecular flexibility index (Phi) is 5.99. The van der Waals surface area contributed by atoms with Gasteiger partial charge in [0.1, 0.15) is 16.4 Å². The molecule has 1 atom stereocenters. The summed E-state index contributed by atoms with van der Waals surface area (Å²) >= 11 is 0. The Hall–Kier alpha value is -2.54. The van der Waals surface area contributed by atoms with Crippen LogP contribution in [0.2, 0.25) is 0 Å². The van der Waals surface area contributed by atoms with Crippen molar-refractivity contribution in [2.24, 2.45) is 0 Å². The van der Waals surface area contributed by atoms with Crippen molar-refractivity contribution in [3.8, 4) is 0 Å². The van der Waals surface area contributed by atoms with Gasteiger partial charge in [-0.25, -0.2) is 4.39 Å². The molecule has 2 aromatic rings. The highest BCUT2D eigenvalue weighted by Crippen LogP contribution is 2.38. The number of aryl methyl sites for hydroxylation is 1. The molecule has 7 heteroatoms. The van der Waals surface area contributed by atoms with Crippen LogP contribution in [-0.4, -0.2) is 49.5 Å². The molecule has 0 aromatic heterocycles. The predicted molar refractivity (Wildman–Crippen MR) is 113 cm³/mol. The summed E-state index contributed by atoms with van der Waals surface area (Å²) in [7, 11) is -1.32. The van der Waals surface area contributed by atoms with Gasteiger partial charge < -0.3 is 9.80 Å². The molecule has 0 saturated carbocycles. The van der Waals surface area contributed by atoms with Gasteiger partial charge in [-0.1, -0.05) is 42.5 Å². The molecule has 2 amide bonds. The molecule has 4 rings (SSSR count). The minimum absolute atomic E-state index is 0.00271. The number of nitrogens with zero attached hydrogens (tertiary/aromatic N) is 2. The Balaban J connectivity index is 1.41. The second kappa shape index (κ2) is 8.68. The zero-order valence-electron chi connectivity index (χ0n) is 16.8. The summed E-state index contributed by atoms with van der Waals surface area (Å²) < 4.78 is 26.5. The van der Waals surface area contributed by atoms with E-state index in [2.05, 4.69) is 0 Å². The SMILES string of the molecule is O=C(CCc1ccccc1)N1CCC2(CC1)N(Cc1cccc(F)c1)C(=O)CS2=O. The maximum Gasteiger partial charge on any atom is 0.236 e. The topological polar surface area (TPSA) is 57.7 Å². The molecular formula is C23H25FN2O3S. The number of piperidine rings is 1. The summed E-state index contributed by atoms with van der Waals surface area (Å²) in [6.45, 7) is 1.20. The van der Waals surface area contributed by atoms with Crippen molar-refractivity contribution in [3.63, 3.8) is 0 Å². The van der Waals surface area contributed by atoms with Crippen LogP contribution >= 0.6 is 0 Å². The summed E-state index contributed by atoms with van der Waals surface area (Å²) in [5.41, 5.74) is 1.81. The average molecular weight is 429 g/mol. The Morgan fingerprint density at radius 2 is 1.73 bits per heavy atom. The number of rotatable bonds is 5. The van der Waals surface area contributed by atoms with Crippen LogP contribution in [0, 0.1) is 5.82 Å². The molecule has 0 N–H and O–H groups in total. The van der Waals surface area contributed by atoms with E-state index in [-0.39, 0.29) is 29.9 Å². The number of carbonyl (C=O) groups excluding carboxylic acids is 2. The molecule has 2 saturated heterocycles. The molecule has 2 fully saturated rings. The van der Waals surface area contributed by atoms with Gasteiger partial charge in [-0.15, -0.1) is 0 Å². The molecule has 0 bridgehead atoms. The van der Waals surface area contributed by atoms with Gasteiger partial charge in [0, 0.05) is 38.9 Å². The Labute approximate surface area is 178 Å². The third kappa shape index (κ3) is 4.17. The van der Waals surface area contributed by atoms with Gasteiger partial charge in [0.2, 0.25) is 11.8 Å². The molecule has 0 radical (unpaired) electrons. The van der Waals surface area contributed by atoms with Gasteiger partial charge in [-0.2, -0.15) is 0 Å². The third-order valence-corrected chi connectivity index (χ3v) is 8.05. The standard InChI is InChI=1S/C23H25FN2O3S/c24-20-8-4-7-19(15-20)16-26-22(28)17-30(29)23(26)11-13-25(14-12-23)21(27)10-9-18-5-2-1-3-6-18/h1-8,15H,9-14,16-17H2. The van der Waals surface area contributed by atoms with E-state index in [1.54, 1.807) is 17.0 Å². The fourth-order valence-corrected chi connectivity index (χ4v) is 6.08. The van der Waals surface area contributed by atoms with Crippen molar-refractivity contribution in [1.29, 1.82) is 0 Å². The maximum absolute atomic E-state index is 13.6. The van der Waals surface area contributed by atoms with E-state index in [1.807, 2.05) is 35.2 Å². The normalized spacial score (nSPS) is 20.7. The fourth-order valence-electron chi connectivity index (χ4n) is 4.38. The number of amides is 2. The van der Waals surface area contributed by atoms with Gasteiger partial charge in [-0.05, 0) is 29.7 Å². The molecule has 2 aromatic carbocycles. The number of hydrogen-bond donors (Lipinski definition) is 0. The van der Waals surface area contributed by atoms with Gasteiger partial charge in [0.25, 0.3) is 0 Å². The van der Waals surface area contributed by atoms with Gasteiger partial charge >= 0.3 is 0 Å². The number of carbonyl (C=O) groups is 2. The molecule has 1 spiro atoms. The number of halogens is 1. The molecule has 158 valence electrons. The minimum Gasteiger partial charge on any atom is -0.342 e. The summed E-state index contributed by atoms with van der Waals surface area (Å²) in [5, 5.41) is 0. The smallest absolute Gasteiger partial charge is 0.236 e. The second-order valence-corrected chi connectivity index (χ2v) is 9.65. The van der Waals surface area contributed by atoms with E-state index in [9.17, 15) is 18.2 Å². The van der Waals surface area contributed by atoms with E-state index in [4.69, 9.17) is 0 Å².